The first kappa shape index (κ1) is 12.8. The van der Waals surface area contributed by atoms with Gasteiger partial charge in [0, 0.05) is 39.2 Å². The van der Waals surface area contributed by atoms with Crippen molar-refractivity contribution in [3.63, 3.8) is 0 Å². The fourth-order valence-corrected chi connectivity index (χ4v) is 2.26. The van der Waals surface area contributed by atoms with Gasteiger partial charge in [0.05, 0.1) is 0 Å². The monoisotopic (exact) mass is 251 g/mol. The van der Waals surface area contributed by atoms with Crippen LogP contribution in [-0.2, 0) is 4.74 Å². The normalized spacial score (nSPS) is 16.8. The predicted octanol–water partition coefficient (Wildman–Crippen LogP) is 1.04. The molecule has 0 spiro atoms. The van der Waals surface area contributed by atoms with Crippen molar-refractivity contribution in [2.24, 2.45) is 5.92 Å². The molecule has 2 rings (SSSR count). The summed E-state index contributed by atoms with van der Waals surface area (Å²) < 4.78 is 5.14. The lowest BCUT2D eigenvalue weighted by Crippen LogP contribution is -2.36. The van der Waals surface area contributed by atoms with Gasteiger partial charge in [-0.05, 0) is 18.8 Å². The van der Waals surface area contributed by atoms with Gasteiger partial charge >= 0.3 is 5.97 Å². The SMILES string of the molecule is COCC1CCN(c2nccnc2C(=O)O)CC1. The molecule has 0 bridgehead atoms. The van der Waals surface area contributed by atoms with Crippen LogP contribution in [-0.4, -0.2) is 47.8 Å². The van der Waals surface area contributed by atoms with Gasteiger partial charge in [-0.15, -0.1) is 0 Å². The number of aromatic nitrogens is 2. The maximum atomic E-state index is 11.1. The van der Waals surface area contributed by atoms with Crippen LogP contribution in [0, 0.1) is 5.92 Å². The molecule has 2 heterocycles. The average Bonchev–Trinajstić information content (AvgIpc) is 2.40. The van der Waals surface area contributed by atoms with Gasteiger partial charge in [-0.3, -0.25) is 0 Å². The second kappa shape index (κ2) is 5.77. The fourth-order valence-electron chi connectivity index (χ4n) is 2.26. The second-order valence-corrected chi connectivity index (χ2v) is 4.42. The molecule has 0 aliphatic carbocycles. The van der Waals surface area contributed by atoms with Gasteiger partial charge in [0.15, 0.2) is 11.5 Å². The van der Waals surface area contributed by atoms with Gasteiger partial charge in [-0.25, -0.2) is 14.8 Å². The number of carboxylic acid groups (broad SMARTS) is 1. The van der Waals surface area contributed by atoms with Crippen molar-refractivity contribution in [1.29, 1.82) is 0 Å². The minimum absolute atomic E-state index is 0.0303. The van der Waals surface area contributed by atoms with Gasteiger partial charge in [-0.2, -0.15) is 0 Å². The molecule has 18 heavy (non-hydrogen) atoms. The lowest BCUT2D eigenvalue weighted by Gasteiger charge is -2.32. The summed E-state index contributed by atoms with van der Waals surface area (Å²) in [4.78, 5) is 21.1. The molecule has 1 aromatic rings. The van der Waals surface area contributed by atoms with Gasteiger partial charge in [0.2, 0.25) is 0 Å². The van der Waals surface area contributed by atoms with Crippen LogP contribution in [0.1, 0.15) is 23.3 Å². The van der Waals surface area contributed by atoms with Crippen LogP contribution in [0.4, 0.5) is 5.82 Å². The van der Waals surface area contributed by atoms with Crippen LogP contribution in [0.2, 0.25) is 0 Å². The zero-order valence-corrected chi connectivity index (χ0v) is 10.4. The molecule has 1 saturated heterocycles. The predicted molar refractivity (Wildman–Crippen MR) is 65.8 cm³/mol. The van der Waals surface area contributed by atoms with Gasteiger partial charge < -0.3 is 14.7 Å². The number of anilines is 1. The first-order chi connectivity index (χ1) is 8.72. The average molecular weight is 251 g/mol. The van der Waals surface area contributed by atoms with Crippen molar-refractivity contribution in [2.75, 3.05) is 31.7 Å². The third kappa shape index (κ3) is 2.76. The largest absolute Gasteiger partial charge is 0.476 e. The molecule has 0 aromatic carbocycles. The van der Waals surface area contributed by atoms with Crippen LogP contribution < -0.4 is 4.90 Å². The van der Waals surface area contributed by atoms with E-state index in [0.29, 0.717) is 11.7 Å². The number of carbonyl (C=O) groups is 1. The molecular weight excluding hydrogens is 234 g/mol. The molecule has 1 aromatic heterocycles. The first-order valence-electron chi connectivity index (χ1n) is 6.00. The van der Waals surface area contributed by atoms with E-state index >= 15 is 0 Å². The Hall–Kier alpha value is -1.69. The van der Waals surface area contributed by atoms with Crippen molar-refractivity contribution in [2.45, 2.75) is 12.8 Å². The molecule has 0 unspecified atom stereocenters. The Morgan fingerprint density at radius 2 is 2.11 bits per heavy atom. The highest BCUT2D eigenvalue weighted by Gasteiger charge is 2.24. The molecule has 0 saturated carbocycles. The smallest absolute Gasteiger partial charge is 0.358 e. The third-order valence-corrected chi connectivity index (χ3v) is 3.20. The molecule has 6 nitrogen and oxygen atoms in total. The molecular formula is C12H17N3O3. The zero-order valence-electron chi connectivity index (χ0n) is 10.4. The Labute approximate surface area is 106 Å². The topological polar surface area (TPSA) is 75.5 Å². The maximum Gasteiger partial charge on any atom is 0.358 e. The summed E-state index contributed by atoms with van der Waals surface area (Å²) in [7, 11) is 1.71. The number of methoxy groups -OCH3 is 1. The summed E-state index contributed by atoms with van der Waals surface area (Å²) in [6, 6.07) is 0. The molecule has 98 valence electrons. The van der Waals surface area contributed by atoms with E-state index in [-0.39, 0.29) is 5.69 Å². The van der Waals surface area contributed by atoms with E-state index in [4.69, 9.17) is 9.84 Å². The highest BCUT2D eigenvalue weighted by molar-refractivity contribution is 5.90. The summed E-state index contributed by atoms with van der Waals surface area (Å²) in [5.41, 5.74) is 0.0303. The number of piperidine rings is 1. The second-order valence-electron chi connectivity index (χ2n) is 4.42. The van der Waals surface area contributed by atoms with Gasteiger partial charge in [0.1, 0.15) is 0 Å². The Kier molecular flexibility index (Phi) is 4.09. The van der Waals surface area contributed by atoms with E-state index in [1.54, 1.807) is 7.11 Å². The number of rotatable bonds is 4. The van der Waals surface area contributed by atoms with Crippen LogP contribution in [0.15, 0.2) is 12.4 Å². The zero-order chi connectivity index (χ0) is 13.0. The molecule has 0 atom stereocenters. The highest BCUT2D eigenvalue weighted by Crippen LogP contribution is 2.23. The molecule has 1 aliphatic rings. The summed E-state index contributed by atoms with van der Waals surface area (Å²) in [5.74, 6) is -0.00539. The minimum atomic E-state index is -1.03. The Balaban J connectivity index is 2.07. The molecule has 0 amide bonds. The van der Waals surface area contributed by atoms with Crippen molar-refractivity contribution >= 4 is 11.8 Å². The van der Waals surface area contributed by atoms with E-state index in [9.17, 15) is 4.79 Å². The highest BCUT2D eigenvalue weighted by atomic mass is 16.5. The molecule has 1 fully saturated rings. The van der Waals surface area contributed by atoms with E-state index in [2.05, 4.69) is 9.97 Å². The third-order valence-electron chi connectivity index (χ3n) is 3.20. The van der Waals surface area contributed by atoms with E-state index < -0.39 is 5.97 Å². The summed E-state index contributed by atoms with van der Waals surface area (Å²) in [6.07, 6.45) is 4.92. The van der Waals surface area contributed by atoms with Crippen LogP contribution >= 0.6 is 0 Å². The van der Waals surface area contributed by atoms with Crippen molar-refractivity contribution in [3.8, 4) is 0 Å². The molecule has 6 heteroatoms. The standard InChI is InChI=1S/C12H17N3O3/c1-18-8-9-2-6-15(7-3-9)11-10(12(16)17)13-4-5-14-11/h4-5,9H,2-3,6-8H2,1H3,(H,16,17). The fraction of sp³-hybridized carbons (Fsp3) is 0.583. The Morgan fingerprint density at radius 1 is 1.44 bits per heavy atom. The van der Waals surface area contributed by atoms with Crippen molar-refractivity contribution in [3.05, 3.63) is 18.1 Å². The lowest BCUT2D eigenvalue weighted by atomic mass is 9.98. The van der Waals surface area contributed by atoms with Crippen molar-refractivity contribution in [1.82, 2.24) is 9.97 Å². The molecule has 1 aliphatic heterocycles. The van der Waals surface area contributed by atoms with Crippen LogP contribution in [0.5, 0.6) is 0 Å². The molecule has 0 radical (unpaired) electrons. The van der Waals surface area contributed by atoms with E-state index in [1.807, 2.05) is 4.90 Å². The number of carboxylic acids is 1. The van der Waals surface area contributed by atoms with Crippen LogP contribution in [0.3, 0.4) is 0 Å². The molecule has 1 N–H and O–H groups in total. The van der Waals surface area contributed by atoms with E-state index in [1.165, 1.54) is 12.4 Å². The Morgan fingerprint density at radius 3 is 2.72 bits per heavy atom. The summed E-state index contributed by atoms with van der Waals surface area (Å²) in [6.45, 7) is 2.36. The van der Waals surface area contributed by atoms with Crippen LogP contribution in [0.25, 0.3) is 0 Å². The van der Waals surface area contributed by atoms with Gasteiger partial charge in [0.25, 0.3) is 0 Å². The number of hydrogen-bond acceptors (Lipinski definition) is 5. The number of hydrogen-bond donors (Lipinski definition) is 1. The Bertz CT molecular complexity index is 417. The number of nitrogens with zero attached hydrogens (tertiary/aromatic N) is 3. The van der Waals surface area contributed by atoms with Gasteiger partial charge in [-0.1, -0.05) is 0 Å². The quantitative estimate of drug-likeness (QED) is 0.861. The number of aromatic carboxylic acids is 1. The summed E-state index contributed by atoms with van der Waals surface area (Å²) >= 11 is 0. The number of ether oxygens (including phenoxy) is 1. The first-order valence-corrected chi connectivity index (χ1v) is 6.00. The van der Waals surface area contributed by atoms with E-state index in [0.717, 1.165) is 32.5 Å². The maximum absolute atomic E-state index is 11.1. The summed E-state index contributed by atoms with van der Waals surface area (Å²) in [5, 5.41) is 9.08. The minimum Gasteiger partial charge on any atom is -0.476 e. The van der Waals surface area contributed by atoms with Crippen molar-refractivity contribution < 1.29 is 14.6 Å². The lowest BCUT2D eigenvalue weighted by molar-refractivity contribution is 0.0690.